The summed E-state index contributed by atoms with van der Waals surface area (Å²) in [5.74, 6) is 0.287. The molecule has 0 radical (unpaired) electrons. The molecule has 134 valence electrons. The summed E-state index contributed by atoms with van der Waals surface area (Å²) in [5.41, 5.74) is 9.74. The molecule has 4 N–H and O–H groups in total. The largest absolute Gasteiger partial charge is 0.397 e. The van der Waals surface area contributed by atoms with Gasteiger partial charge in [-0.3, -0.25) is 4.79 Å². The zero-order chi connectivity index (χ0) is 17.8. The third-order valence-electron chi connectivity index (χ3n) is 4.84. The summed E-state index contributed by atoms with van der Waals surface area (Å²) >= 11 is 0. The molecule has 6 heteroatoms. The van der Waals surface area contributed by atoms with Gasteiger partial charge in [0.05, 0.1) is 11.4 Å². The average Bonchev–Trinajstić information content (AvgIpc) is 2.56. The number of allylic oxidation sites excluding steroid dienone is 2. The average molecular weight is 342 g/mol. The van der Waals surface area contributed by atoms with Gasteiger partial charge in [-0.1, -0.05) is 12.1 Å². The third kappa shape index (κ3) is 4.32. The molecule has 6 nitrogen and oxygen atoms in total. The van der Waals surface area contributed by atoms with Crippen LogP contribution in [0.1, 0.15) is 38.2 Å². The van der Waals surface area contributed by atoms with E-state index in [1.54, 1.807) is 4.90 Å². The fourth-order valence-electron chi connectivity index (χ4n) is 3.31. The Balaban J connectivity index is 1.58. The monoisotopic (exact) mass is 342 g/mol. The lowest BCUT2D eigenvalue weighted by Crippen LogP contribution is -2.54. The van der Waals surface area contributed by atoms with Gasteiger partial charge >= 0.3 is 6.03 Å². The first-order chi connectivity index (χ1) is 12.0. The molecule has 0 aromatic heterocycles. The van der Waals surface area contributed by atoms with Crippen LogP contribution < -0.4 is 16.4 Å². The maximum Gasteiger partial charge on any atom is 0.321 e. The van der Waals surface area contributed by atoms with Gasteiger partial charge in [0.2, 0.25) is 5.91 Å². The van der Waals surface area contributed by atoms with Crippen molar-refractivity contribution in [1.29, 1.82) is 0 Å². The van der Waals surface area contributed by atoms with Crippen molar-refractivity contribution < 1.29 is 9.59 Å². The smallest absolute Gasteiger partial charge is 0.321 e. The first-order valence-electron chi connectivity index (χ1n) is 8.92. The lowest BCUT2D eigenvalue weighted by molar-refractivity contribution is -0.119. The molecule has 3 rings (SSSR count). The Morgan fingerprint density at radius 2 is 2.08 bits per heavy atom. The van der Waals surface area contributed by atoms with E-state index in [2.05, 4.69) is 16.7 Å². The standard InChI is InChI=1S/C19H26N4O2/c1-13(24)21-10-14-11-23(12-14)19(25)22-18-9-16(7-8-17(18)20)15-5-3-2-4-6-15/h5,7-9,14H,2-4,6,10-12,20H2,1H3,(H,21,24)(H,22,25). The van der Waals surface area contributed by atoms with Gasteiger partial charge in [0.25, 0.3) is 0 Å². The van der Waals surface area contributed by atoms with Gasteiger partial charge in [-0.25, -0.2) is 4.79 Å². The second-order valence-electron chi connectivity index (χ2n) is 6.92. The number of likely N-dealkylation sites (tertiary alicyclic amines) is 1. The molecule has 0 saturated carbocycles. The van der Waals surface area contributed by atoms with Gasteiger partial charge in [-0.15, -0.1) is 0 Å². The summed E-state index contributed by atoms with van der Waals surface area (Å²) in [6, 6.07) is 5.71. The number of carbonyl (C=O) groups excluding carboxylic acids is 2. The zero-order valence-electron chi connectivity index (χ0n) is 14.7. The minimum Gasteiger partial charge on any atom is -0.397 e. The Morgan fingerprint density at radius 1 is 1.28 bits per heavy atom. The Hall–Kier alpha value is -2.50. The van der Waals surface area contributed by atoms with Crippen molar-refractivity contribution in [3.8, 4) is 0 Å². The topological polar surface area (TPSA) is 87.5 Å². The predicted octanol–water partition coefficient (Wildman–Crippen LogP) is 2.83. The van der Waals surface area contributed by atoms with E-state index in [1.807, 2.05) is 18.2 Å². The summed E-state index contributed by atoms with van der Waals surface area (Å²) < 4.78 is 0. The number of amides is 3. The molecule has 1 aliphatic heterocycles. The van der Waals surface area contributed by atoms with Crippen LogP contribution in [0.15, 0.2) is 24.3 Å². The van der Waals surface area contributed by atoms with E-state index in [-0.39, 0.29) is 11.9 Å². The van der Waals surface area contributed by atoms with E-state index in [0.717, 1.165) is 18.4 Å². The molecule has 25 heavy (non-hydrogen) atoms. The van der Waals surface area contributed by atoms with Crippen LogP contribution in [0.5, 0.6) is 0 Å². The Morgan fingerprint density at radius 3 is 2.76 bits per heavy atom. The van der Waals surface area contributed by atoms with E-state index >= 15 is 0 Å². The molecule has 1 aliphatic carbocycles. The van der Waals surface area contributed by atoms with Crippen LogP contribution in [0.4, 0.5) is 16.2 Å². The Kier molecular flexibility index (Phi) is 5.26. The first-order valence-corrected chi connectivity index (χ1v) is 8.92. The highest BCUT2D eigenvalue weighted by Crippen LogP contribution is 2.31. The van der Waals surface area contributed by atoms with Gasteiger partial charge in [0.15, 0.2) is 0 Å². The van der Waals surface area contributed by atoms with Gasteiger partial charge in [0, 0.05) is 32.5 Å². The van der Waals surface area contributed by atoms with Crippen molar-refractivity contribution >= 4 is 28.9 Å². The first kappa shape index (κ1) is 17.3. The lowest BCUT2D eigenvalue weighted by atomic mass is 9.93. The minimum atomic E-state index is -0.138. The van der Waals surface area contributed by atoms with Crippen molar-refractivity contribution in [2.45, 2.75) is 32.6 Å². The van der Waals surface area contributed by atoms with Crippen LogP contribution in [0.25, 0.3) is 5.57 Å². The number of rotatable bonds is 4. The van der Waals surface area contributed by atoms with Crippen molar-refractivity contribution in [2.75, 3.05) is 30.7 Å². The van der Waals surface area contributed by atoms with Crippen LogP contribution in [-0.2, 0) is 4.79 Å². The van der Waals surface area contributed by atoms with Crippen LogP contribution in [0, 0.1) is 5.92 Å². The van der Waals surface area contributed by atoms with Crippen LogP contribution >= 0.6 is 0 Å². The summed E-state index contributed by atoms with van der Waals surface area (Å²) in [4.78, 5) is 25.0. The fourth-order valence-corrected chi connectivity index (χ4v) is 3.31. The summed E-state index contributed by atoms with van der Waals surface area (Å²) in [6.07, 6.45) is 6.93. The Bertz CT molecular complexity index is 693. The number of nitrogens with one attached hydrogen (secondary N) is 2. The molecule has 1 aromatic rings. The normalized spacial score (nSPS) is 17.5. The maximum atomic E-state index is 12.4. The minimum absolute atomic E-state index is 0.0375. The lowest BCUT2D eigenvalue weighted by Gasteiger charge is -2.39. The second kappa shape index (κ2) is 7.59. The second-order valence-corrected chi connectivity index (χ2v) is 6.92. The molecule has 0 atom stereocenters. The maximum absolute atomic E-state index is 12.4. The van der Waals surface area contributed by atoms with Gasteiger partial charge in [-0.2, -0.15) is 0 Å². The van der Waals surface area contributed by atoms with Gasteiger partial charge in [0.1, 0.15) is 0 Å². The summed E-state index contributed by atoms with van der Waals surface area (Å²) in [6.45, 7) is 3.42. The van der Waals surface area contributed by atoms with Gasteiger partial charge in [-0.05, 0) is 49.0 Å². The number of carbonyl (C=O) groups is 2. The third-order valence-corrected chi connectivity index (χ3v) is 4.84. The molecular weight excluding hydrogens is 316 g/mol. The van der Waals surface area contributed by atoms with E-state index < -0.39 is 0 Å². The molecule has 1 saturated heterocycles. The number of nitrogen functional groups attached to an aromatic ring is 1. The van der Waals surface area contributed by atoms with Crippen LogP contribution in [0.2, 0.25) is 0 Å². The number of nitrogens with zero attached hydrogens (tertiary/aromatic N) is 1. The molecule has 0 bridgehead atoms. The molecule has 1 aromatic carbocycles. The fraction of sp³-hybridized carbons (Fsp3) is 0.474. The zero-order valence-corrected chi connectivity index (χ0v) is 14.7. The molecule has 1 fully saturated rings. The van der Waals surface area contributed by atoms with E-state index in [4.69, 9.17) is 5.73 Å². The van der Waals surface area contributed by atoms with Crippen molar-refractivity contribution in [2.24, 2.45) is 5.92 Å². The summed E-state index contributed by atoms with van der Waals surface area (Å²) in [7, 11) is 0. The predicted molar refractivity (Wildman–Crippen MR) is 100 cm³/mol. The molecule has 2 aliphatic rings. The number of anilines is 2. The van der Waals surface area contributed by atoms with E-state index in [1.165, 1.54) is 25.3 Å². The number of nitrogens with two attached hydrogens (primary N) is 1. The molecule has 0 unspecified atom stereocenters. The van der Waals surface area contributed by atoms with Crippen LogP contribution in [0.3, 0.4) is 0 Å². The van der Waals surface area contributed by atoms with Crippen molar-refractivity contribution in [1.82, 2.24) is 10.2 Å². The highest BCUT2D eigenvalue weighted by molar-refractivity contribution is 5.94. The molecule has 3 amide bonds. The molecule has 0 spiro atoms. The SMILES string of the molecule is CC(=O)NCC1CN(C(=O)Nc2cc(C3=CCCCC3)ccc2N)C1. The van der Waals surface area contributed by atoms with Crippen molar-refractivity contribution in [3.05, 3.63) is 29.8 Å². The Labute approximate surface area is 148 Å². The number of urea groups is 1. The van der Waals surface area contributed by atoms with Crippen molar-refractivity contribution in [3.63, 3.8) is 0 Å². The van der Waals surface area contributed by atoms with Crippen LogP contribution in [-0.4, -0.2) is 36.5 Å². The number of benzene rings is 1. The number of hydrogen-bond acceptors (Lipinski definition) is 3. The van der Waals surface area contributed by atoms with E-state index in [9.17, 15) is 9.59 Å². The highest BCUT2D eigenvalue weighted by atomic mass is 16.2. The highest BCUT2D eigenvalue weighted by Gasteiger charge is 2.30. The molecular formula is C19H26N4O2. The quantitative estimate of drug-likeness (QED) is 0.735. The number of hydrogen-bond donors (Lipinski definition) is 3. The van der Waals surface area contributed by atoms with Gasteiger partial charge < -0.3 is 21.3 Å². The molecule has 1 heterocycles. The summed E-state index contributed by atoms with van der Waals surface area (Å²) in [5, 5.41) is 5.71. The van der Waals surface area contributed by atoms with E-state index in [0.29, 0.717) is 36.9 Å².